The van der Waals surface area contributed by atoms with E-state index in [2.05, 4.69) is 15.5 Å². The molecule has 0 unspecified atom stereocenters. The molecule has 3 aromatic rings. The van der Waals surface area contributed by atoms with Gasteiger partial charge in [0.2, 0.25) is 16.9 Å². The third kappa shape index (κ3) is 3.91. The van der Waals surface area contributed by atoms with E-state index < -0.39 is 0 Å². The lowest BCUT2D eigenvalue weighted by Crippen LogP contribution is -2.25. The van der Waals surface area contributed by atoms with E-state index in [9.17, 15) is 9.59 Å². The van der Waals surface area contributed by atoms with E-state index in [0.717, 1.165) is 21.1 Å². The number of aryl methyl sites for hydroxylation is 1. The molecule has 1 atom stereocenters. The van der Waals surface area contributed by atoms with Crippen LogP contribution in [0.1, 0.15) is 27.8 Å². The zero-order valence-electron chi connectivity index (χ0n) is 14.7. The monoisotopic (exact) mass is 398 g/mol. The van der Waals surface area contributed by atoms with Crippen molar-refractivity contribution >= 4 is 45.3 Å². The van der Waals surface area contributed by atoms with E-state index in [0.29, 0.717) is 24.5 Å². The molecule has 0 aliphatic carbocycles. The molecule has 4 rings (SSSR count). The highest BCUT2D eigenvalue weighted by Crippen LogP contribution is 2.35. The molecule has 27 heavy (non-hydrogen) atoms. The molecule has 0 saturated carbocycles. The van der Waals surface area contributed by atoms with Crippen LogP contribution in [0.2, 0.25) is 0 Å². The Morgan fingerprint density at radius 3 is 2.89 bits per heavy atom. The molecular formula is C19H18N4O2S2. The zero-order valence-corrected chi connectivity index (χ0v) is 16.3. The molecule has 6 nitrogen and oxygen atoms in total. The Balaban J connectivity index is 1.42. The minimum absolute atomic E-state index is 0.00226. The van der Waals surface area contributed by atoms with Gasteiger partial charge in [-0.15, -0.1) is 21.5 Å². The van der Waals surface area contributed by atoms with Crippen LogP contribution in [-0.2, 0) is 16.0 Å². The number of carbonyl (C=O) groups is 2. The van der Waals surface area contributed by atoms with Crippen LogP contribution in [0.25, 0.3) is 0 Å². The number of aromatic nitrogens is 2. The van der Waals surface area contributed by atoms with Crippen LogP contribution in [0.15, 0.2) is 41.8 Å². The third-order valence-corrected chi connectivity index (χ3v) is 6.36. The molecular weight excluding hydrogens is 380 g/mol. The number of rotatable bonds is 5. The minimum Gasteiger partial charge on any atom is -0.311 e. The summed E-state index contributed by atoms with van der Waals surface area (Å²) in [5, 5.41) is 14.3. The van der Waals surface area contributed by atoms with E-state index >= 15 is 0 Å². The number of benzene rings is 1. The number of anilines is 2. The van der Waals surface area contributed by atoms with Crippen LogP contribution < -0.4 is 10.2 Å². The largest absolute Gasteiger partial charge is 0.311 e. The van der Waals surface area contributed by atoms with Crippen molar-refractivity contribution in [3.8, 4) is 0 Å². The quantitative estimate of drug-likeness (QED) is 0.712. The molecule has 3 heterocycles. The summed E-state index contributed by atoms with van der Waals surface area (Å²) in [6, 6.07) is 11.7. The molecule has 8 heteroatoms. The van der Waals surface area contributed by atoms with Crippen molar-refractivity contribution < 1.29 is 9.59 Å². The number of hydrogen-bond donors (Lipinski definition) is 1. The van der Waals surface area contributed by atoms with Gasteiger partial charge in [-0.1, -0.05) is 35.6 Å². The predicted molar refractivity (Wildman–Crippen MR) is 107 cm³/mol. The van der Waals surface area contributed by atoms with Crippen molar-refractivity contribution in [2.45, 2.75) is 25.7 Å². The normalized spacial score (nSPS) is 16.7. The van der Waals surface area contributed by atoms with Crippen LogP contribution in [0.3, 0.4) is 0 Å². The number of nitrogens with zero attached hydrogens (tertiary/aromatic N) is 3. The van der Waals surface area contributed by atoms with Gasteiger partial charge >= 0.3 is 0 Å². The molecule has 138 valence electrons. The summed E-state index contributed by atoms with van der Waals surface area (Å²) in [5.74, 6) is -0.0190. The molecule has 1 fully saturated rings. The van der Waals surface area contributed by atoms with E-state index in [1.165, 1.54) is 11.3 Å². The first-order chi connectivity index (χ1) is 13.1. The van der Waals surface area contributed by atoms with E-state index in [1.807, 2.05) is 53.6 Å². The lowest BCUT2D eigenvalue weighted by molar-refractivity contribution is -0.117. The number of para-hydroxylation sites is 1. The highest BCUT2D eigenvalue weighted by atomic mass is 32.1. The predicted octanol–water partition coefficient (Wildman–Crippen LogP) is 3.61. The number of thiophene rings is 1. The minimum atomic E-state index is -0.107. The lowest BCUT2D eigenvalue weighted by atomic mass is 10.1. The van der Waals surface area contributed by atoms with Gasteiger partial charge < -0.3 is 10.2 Å². The molecule has 1 aliphatic rings. The molecule has 2 aromatic heterocycles. The Hall–Kier alpha value is -2.58. The standard InChI is InChI=1S/C19H18N4O2S2/c1-12-5-2-3-7-15(12)23-11-13(9-17(23)25)18-21-22-19(27-18)20-16(24)10-14-6-4-8-26-14/h2-8,13H,9-11H2,1H3,(H,20,22,24)/t13-/m0/s1. The lowest BCUT2D eigenvalue weighted by Gasteiger charge is -2.18. The van der Waals surface area contributed by atoms with Crippen LogP contribution in [0.4, 0.5) is 10.8 Å². The fourth-order valence-electron chi connectivity index (χ4n) is 3.16. The topological polar surface area (TPSA) is 75.2 Å². The maximum atomic E-state index is 12.5. The zero-order chi connectivity index (χ0) is 18.8. The highest BCUT2D eigenvalue weighted by molar-refractivity contribution is 7.15. The van der Waals surface area contributed by atoms with Crippen molar-refractivity contribution in [2.75, 3.05) is 16.8 Å². The van der Waals surface area contributed by atoms with Crippen LogP contribution >= 0.6 is 22.7 Å². The average molecular weight is 399 g/mol. The van der Waals surface area contributed by atoms with Gasteiger partial charge in [-0.05, 0) is 30.0 Å². The van der Waals surface area contributed by atoms with Crippen LogP contribution in [0.5, 0.6) is 0 Å². The van der Waals surface area contributed by atoms with E-state index in [-0.39, 0.29) is 17.7 Å². The summed E-state index contributed by atoms with van der Waals surface area (Å²) in [5.41, 5.74) is 2.02. The molecule has 1 aliphatic heterocycles. The van der Waals surface area contributed by atoms with Gasteiger partial charge in [0.05, 0.1) is 6.42 Å². The first kappa shape index (κ1) is 17.8. The van der Waals surface area contributed by atoms with Gasteiger partial charge in [0.1, 0.15) is 5.01 Å². The number of nitrogens with one attached hydrogen (secondary N) is 1. The van der Waals surface area contributed by atoms with Gasteiger partial charge in [0.15, 0.2) is 0 Å². The van der Waals surface area contributed by atoms with Crippen LogP contribution in [-0.4, -0.2) is 28.6 Å². The van der Waals surface area contributed by atoms with Crippen molar-refractivity contribution in [1.82, 2.24) is 10.2 Å². The van der Waals surface area contributed by atoms with Crippen molar-refractivity contribution in [2.24, 2.45) is 0 Å². The van der Waals surface area contributed by atoms with Gasteiger partial charge in [-0.2, -0.15) is 0 Å². The van der Waals surface area contributed by atoms with Gasteiger partial charge in [-0.3, -0.25) is 9.59 Å². The summed E-state index contributed by atoms with van der Waals surface area (Å²) in [6.45, 7) is 2.59. The second kappa shape index (κ2) is 7.58. The number of amides is 2. The Bertz CT molecular complexity index is 968. The summed E-state index contributed by atoms with van der Waals surface area (Å²) >= 11 is 2.90. The maximum Gasteiger partial charge on any atom is 0.231 e. The fourth-order valence-corrected chi connectivity index (χ4v) is 4.71. The maximum absolute atomic E-state index is 12.5. The summed E-state index contributed by atoms with van der Waals surface area (Å²) in [6.07, 6.45) is 0.738. The molecule has 1 saturated heterocycles. The van der Waals surface area contributed by atoms with E-state index in [1.54, 1.807) is 11.3 Å². The molecule has 1 aromatic carbocycles. The molecule has 0 radical (unpaired) electrons. The van der Waals surface area contributed by atoms with Crippen LogP contribution in [0, 0.1) is 6.92 Å². The Morgan fingerprint density at radius 2 is 2.11 bits per heavy atom. The fraction of sp³-hybridized carbons (Fsp3) is 0.263. The number of carbonyl (C=O) groups excluding carboxylic acids is 2. The summed E-state index contributed by atoms with van der Waals surface area (Å²) in [7, 11) is 0. The third-order valence-electron chi connectivity index (χ3n) is 4.48. The SMILES string of the molecule is Cc1ccccc1N1C[C@@H](c2nnc(NC(=O)Cc3cccs3)s2)CC1=O. The molecule has 1 N–H and O–H groups in total. The molecule has 0 bridgehead atoms. The smallest absolute Gasteiger partial charge is 0.231 e. The molecule has 2 amide bonds. The second-order valence-electron chi connectivity index (χ2n) is 6.44. The highest BCUT2D eigenvalue weighted by Gasteiger charge is 2.34. The van der Waals surface area contributed by atoms with Crippen molar-refractivity contribution in [3.05, 3.63) is 57.2 Å². The average Bonchev–Trinajstić information content (AvgIpc) is 3.37. The number of hydrogen-bond acceptors (Lipinski definition) is 6. The Kier molecular flexibility index (Phi) is 5.00. The first-order valence-corrected chi connectivity index (χ1v) is 10.3. The first-order valence-electron chi connectivity index (χ1n) is 8.62. The summed E-state index contributed by atoms with van der Waals surface area (Å²) < 4.78 is 0. The second-order valence-corrected chi connectivity index (χ2v) is 8.48. The Morgan fingerprint density at radius 1 is 1.26 bits per heavy atom. The van der Waals surface area contributed by atoms with Crippen molar-refractivity contribution in [1.29, 1.82) is 0 Å². The molecule has 0 spiro atoms. The summed E-state index contributed by atoms with van der Waals surface area (Å²) in [4.78, 5) is 27.4. The van der Waals surface area contributed by atoms with Gasteiger partial charge in [0.25, 0.3) is 0 Å². The van der Waals surface area contributed by atoms with Gasteiger partial charge in [0, 0.05) is 29.4 Å². The van der Waals surface area contributed by atoms with Crippen molar-refractivity contribution in [3.63, 3.8) is 0 Å². The van der Waals surface area contributed by atoms with Gasteiger partial charge in [-0.25, -0.2) is 0 Å². The Labute approximate surface area is 164 Å². The van der Waals surface area contributed by atoms with E-state index in [4.69, 9.17) is 0 Å².